The maximum atomic E-state index is 4.98. The average Bonchev–Trinajstić information content (AvgIpc) is 3.35. The minimum absolute atomic E-state index is 0.586. The first kappa shape index (κ1) is 14.3. The summed E-state index contributed by atoms with van der Waals surface area (Å²) >= 11 is 1.91. The van der Waals surface area contributed by atoms with Gasteiger partial charge in [0, 0.05) is 36.5 Å². The molecule has 0 amide bonds. The minimum Gasteiger partial charge on any atom is -0.348 e. The number of rotatable bonds is 8. The Kier molecular flexibility index (Phi) is 4.32. The average molecular weight is 293 g/mol. The summed E-state index contributed by atoms with van der Waals surface area (Å²) in [6, 6.07) is 1.37. The summed E-state index contributed by atoms with van der Waals surface area (Å²) in [7, 11) is 2.20. The predicted molar refractivity (Wildman–Crippen MR) is 86.7 cm³/mol. The third-order valence-electron chi connectivity index (χ3n) is 4.48. The first-order valence-corrected chi connectivity index (χ1v) is 8.96. The van der Waals surface area contributed by atoms with Gasteiger partial charge in [-0.15, -0.1) is 11.3 Å². The molecule has 1 unspecified atom stereocenters. The van der Waals surface area contributed by atoms with Gasteiger partial charge in [0.1, 0.15) is 0 Å². The summed E-state index contributed by atoms with van der Waals surface area (Å²) in [6.45, 7) is 5.60. The van der Waals surface area contributed by atoms with Crippen LogP contribution < -0.4 is 10.2 Å². The topological polar surface area (TPSA) is 28.2 Å². The summed E-state index contributed by atoms with van der Waals surface area (Å²) in [6.07, 6.45) is 7.88. The van der Waals surface area contributed by atoms with E-state index < -0.39 is 0 Å². The molecule has 2 fully saturated rings. The molecule has 2 aliphatic rings. The van der Waals surface area contributed by atoms with E-state index >= 15 is 0 Å². The second-order valence-electron chi connectivity index (χ2n) is 6.48. The number of anilines is 1. The highest BCUT2D eigenvalue weighted by Crippen LogP contribution is 2.44. The molecule has 112 valence electrons. The van der Waals surface area contributed by atoms with Gasteiger partial charge in [-0.1, -0.05) is 13.3 Å². The minimum atomic E-state index is 0.586. The van der Waals surface area contributed by atoms with Gasteiger partial charge in [0.05, 0.1) is 5.69 Å². The fourth-order valence-corrected chi connectivity index (χ4v) is 3.79. The van der Waals surface area contributed by atoms with E-state index in [0.717, 1.165) is 18.5 Å². The number of hydrogen-bond acceptors (Lipinski definition) is 4. The Balaban J connectivity index is 1.71. The zero-order chi connectivity index (χ0) is 14.1. The van der Waals surface area contributed by atoms with E-state index in [1.165, 1.54) is 54.2 Å². The monoisotopic (exact) mass is 293 g/mol. The molecule has 1 aromatic heterocycles. The number of aromatic nitrogens is 1. The fraction of sp³-hybridized carbons (Fsp3) is 0.812. The Morgan fingerprint density at radius 2 is 2.10 bits per heavy atom. The van der Waals surface area contributed by atoms with E-state index in [-0.39, 0.29) is 0 Å². The highest BCUT2D eigenvalue weighted by atomic mass is 32.1. The highest BCUT2D eigenvalue weighted by molar-refractivity contribution is 7.15. The number of hydrogen-bond donors (Lipinski definition) is 1. The Labute approximate surface area is 126 Å². The second kappa shape index (κ2) is 6.02. The van der Waals surface area contributed by atoms with Crippen LogP contribution in [0.25, 0.3) is 0 Å². The molecule has 0 spiro atoms. The van der Waals surface area contributed by atoms with Gasteiger partial charge in [0.2, 0.25) is 0 Å². The zero-order valence-electron chi connectivity index (χ0n) is 13.0. The van der Waals surface area contributed by atoms with E-state index in [0.29, 0.717) is 6.04 Å². The van der Waals surface area contributed by atoms with Gasteiger partial charge in [0.25, 0.3) is 0 Å². The van der Waals surface area contributed by atoms with Gasteiger partial charge < -0.3 is 10.2 Å². The van der Waals surface area contributed by atoms with Crippen molar-refractivity contribution in [2.24, 2.45) is 0 Å². The number of nitrogens with one attached hydrogen (secondary N) is 1. The largest absolute Gasteiger partial charge is 0.348 e. The molecule has 1 N–H and O–H groups in total. The van der Waals surface area contributed by atoms with Crippen LogP contribution in [0.1, 0.15) is 68.9 Å². The lowest BCUT2D eigenvalue weighted by molar-refractivity contribution is 0.614. The Morgan fingerprint density at radius 1 is 1.35 bits per heavy atom. The van der Waals surface area contributed by atoms with Gasteiger partial charge in [-0.25, -0.2) is 4.98 Å². The van der Waals surface area contributed by atoms with Crippen molar-refractivity contribution in [2.75, 3.05) is 11.9 Å². The molecule has 1 atom stereocenters. The standard InChI is InChI=1S/C16H27N3S/c1-4-5-11(2)19(3)16-18-15(12-6-7-12)14(20-16)10-17-13-8-9-13/h11-13,17H,4-10H2,1-3H3. The van der Waals surface area contributed by atoms with Crippen LogP contribution in [0.15, 0.2) is 0 Å². The van der Waals surface area contributed by atoms with Crippen LogP contribution in [-0.4, -0.2) is 24.1 Å². The van der Waals surface area contributed by atoms with E-state index in [4.69, 9.17) is 4.98 Å². The molecule has 0 saturated heterocycles. The van der Waals surface area contributed by atoms with Crippen molar-refractivity contribution >= 4 is 16.5 Å². The molecular weight excluding hydrogens is 266 g/mol. The molecule has 3 rings (SSSR count). The fourth-order valence-electron chi connectivity index (χ4n) is 2.63. The van der Waals surface area contributed by atoms with Crippen LogP contribution in [0.2, 0.25) is 0 Å². The predicted octanol–water partition coefficient (Wildman–Crippen LogP) is 3.90. The highest BCUT2D eigenvalue weighted by Gasteiger charge is 2.31. The van der Waals surface area contributed by atoms with Crippen molar-refractivity contribution in [3.63, 3.8) is 0 Å². The van der Waals surface area contributed by atoms with Gasteiger partial charge in [-0.2, -0.15) is 0 Å². The molecule has 0 radical (unpaired) electrons. The Morgan fingerprint density at radius 3 is 2.70 bits per heavy atom. The SMILES string of the molecule is CCCC(C)N(C)c1nc(C2CC2)c(CNC2CC2)s1. The molecule has 0 aromatic carbocycles. The summed E-state index contributed by atoms with van der Waals surface area (Å²) < 4.78 is 0. The molecule has 20 heavy (non-hydrogen) atoms. The lowest BCUT2D eigenvalue weighted by Crippen LogP contribution is -2.28. The maximum absolute atomic E-state index is 4.98. The molecule has 1 aromatic rings. The molecule has 4 heteroatoms. The van der Waals surface area contributed by atoms with Gasteiger partial charge in [-0.05, 0) is 39.0 Å². The quantitative estimate of drug-likeness (QED) is 0.788. The van der Waals surface area contributed by atoms with Gasteiger partial charge >= 0.3 is 0 Å². The van der Waals surface area contributed by atoms with Gasteiger partial charge in [0.15, 0.2) is 5.13 Å². The van der Waals surface area contributed by atoms with Crippen molar-refractivity contribution in [3.05, 3.63) is 10.6 Å². The Hall–Kier alpha value is -0.610. The maximum Gasteiger partial charge on any atom is 0.185 e. The summed E-state index contributed by atoms with van der Waals surface area (Å²) in [4.78, 5) is 8.84. The van der Waals surface area contributed by atoms with Crippen LogP contribution in [0, 0.1) is 0 Å². The summed E-state index contributed by atoms with van der Waals surface area (Å²) in [5, 5.41) is 4.88. The third-order valence-corrected chi connectivity index (χ3v) is 5.64. The van der Waals surface area contributed by atoms with Crippen LogP contribution in [-0.2, 0) is 6.54 Å². The van der Waals surface area contributed by atoms with Crippen molar-refractivity contribution in [1.82, 2.24) is 10.3 Å². The number of nitrogens with zero attached hydrogens (tertiary/aromatic N) is 2. The van der Waals surface area contributed by atoms with Crippen molar-refractivity contribution in [2.45, 2.75) is 76.9 Å². The van der Waals surface area contributed by atoms with E-state index in [1.54, 1.807) is 0 Å². The van der Waals surface area contributed by atoms with Crippen molar-refractivity contribution in [1.29, 1.82) is 0 Å². The molecular formula is C16H27N3S. The van der Waals surface area contributed by atoms with Crippen molar-refractivity contribution in [3.8, 4) is 0 Å². The smallest absolute Gasteiger partial charge is 0.185 e. The second-order valence-corrected chi connectivity index (χ2v) is 7.54. The number of thiazole rings is 1. The molecule has 3 nitrogen and oxygen atoms in total. The normalized spacial score (nSPS) is 20.1. The van der Waals surface area contributed by atoms with Crippen LogP contribution in [0.5, 0.6) is 0 Å². The molecule has 0 aliphatic heterocycles. The van der Waals surface area contributed by atoms with Crippen molar-refractivity contribution < 1.29 is 0 Å². The van der Waals surface area contributed by atoms with E-state index in [2.05, 4.69) is 31.1 Å². The third kappa shape index (κ3) is 3.34. The molecule has 2 saturated carbocycles. The summed E-state index contributed by atoms with van der Waals surface area (Å²) in [5.74, 6) is 0.755. The van der Waals surface area contributed by atoms with Crippen LogP contribution in [0.4, 0.5) is 5.13 Å². The van der Waals surface area contributed by atoms with Gasteiger partial charge in [-0.3, -0.25) is 0 Å². The molecule has 2 aliphatic carbocycles. The first-order valence-electron chi connectivity index (χ1n) is 8.14. The molecule has 1 heterocycles. The van der Waals surface area contributed by atoms with E-state index in [9.17, 15) is 0 Å². The van der Waals surface area contributed by atoms with E-state index in [1.807, 2.05) is 11.3 Å². The van der Waals surface area contributed by atoms with Crippen LogP contribution in [0.3, 0.4) is 0 Å². The lowest BCUT2D eigenvalue weighted by atomic mass is 10.2. The lowest BCUT2D eigenvalue weighted by Gasteiger charge is -2.23. The summed E-state index contributed by atoms with van der Waals surface area (Å²) in [5.41, 5.74) is 1.40. The first-order chi connectivity index (χ1) is 9.69. The molecule has 0 bridgehead atoms. The Bertz CT molecular complexity index is 449. The zero-order valence-corrected chi connectivity index (χ0v) is 13.8. The van der Waals surface area contributed by atoms with Crippen LogP contribution >= 0.6 is 11.3 Å².